The van der Waals surface area contributed by atoms with Gasteiger partial charge in [-0.3, -0.25) is 4.79 Å². The highest BCUT2D eigenvalue weighted by molar-refractivity contribution is 5.93. The summed E-state index contributed by atoms with van der Waals surface area (Å²) < 4.78 is 38.5. The van der Waals surface area contributed by atoms with Crippen molar-refractivity contribution in [3.63, 3.8) is 0 Å². The van der Waals surface area contributed by atoms with Gasteiger partial charge in [-0.15, -0.1) is 5.10 Å². The Morgan fingerprint density at radius 1 is 1.40 bits per heavy atom. The lowest BCUT2D eigenvalue weighted by molar-refractivity contribution is -0.145. The summed E-state index contributed by atoms with van der Waals surface area (Å²) in [6.45, 7) is 4.10. The number of carbonyl (C=O) groups is 1. The van der Waals surface area contributed by atoms with E-state index in [1.165, 1.54) is 13.8 Å². The Morgan fingerprint density at radius 2 is 1.93 bits per heavy atom. The summed E-state index contributed by atoms with van der Waals surface area (Å²) in [5.41, 5.74) is -1.71. The van der Waals surface area contributed by atoms with E-state index >= 15 is 0 Å². The van der Waals surface area contributed by atoms with Crippen LogP contribution in [0.2, 0.25) is 0 Å². The van der Waals surface area contributed by atoms with Crippen LogP contribution in [-0.2, 0) is 6.18 Å². The second kappa shape index (κ2) is 3.63. The molecule has 1 aromatic rings. The number of nitrogens with zero attached hydrogens (tertiary/aromatic N) is 3. The molecule has 15 heavy (non-hydrogen) atoms. The predicted molar refractivity (Wildman–Crippen MR) is 45.4 cm³/mol. The number of carbonyl (C=O) groups excluding carboxylic acids is 1. The van der Waals surface area contributed by atoms with Crippen molar-refractivity contribution in [2.75, 3.05) is 0 Å². The molecular weight excluding hydrogens is 211 g/mol. The number of alkyl halides is 3. The molecule has 0 N–H and O–H groups in total. The first-order chi connectivity index (χ1) is 6.75. The van der Waals surface area contributed by atoms with Crippen LogP contribution in [0.4, 0.5) is 13.2 Å². The molecule has 0 aromatic carbocycles. The Labute approximate surface area is 84.1 Å². The zero-order valence-electron chi connectivity index (χ0n) is 8.46. The minimum Gasteiger partial charge on any atom is -0.293 e. The molecule has 0 atom stereocenters. The number of ketones is 1. The second-order valence-electron chi connectivity index (χ2n) is 3.38. The lowest BCUT2D eigenvalue weighted by Crippen LogP contribution is -2.19. The van der Waals surface area contributed by atoms with Gasteiger partial charge in [0, 0.05) is 13.0 Å². The first-order valence-electron chi connectivity index (χ1n) is 4.28. The molecule has 7 heteroatoms. The van der Waals surface area contributed by atoms with Gasteiger partial charge in [-0.2, -0.15) is 13.2 Å². The smallest absolute Gasteiger partial charge is 0.293 e. The van der Waals surface area contributed by atoms with E-state index in [4.69, 9.17) is 0 Å². The van der Waals surface area contributed by atoms with E-state index in [2.05, 4.69) is 10.3 Å². The monoisotopic (exact) mass is 221 g/mol. The Balaban J connectivity index is 3.40. The van der Waals surface area contributed by atoms with Gasteiger partial charge >= 0.3 is 6.18 Å². The molecule has 0 amide bonds. The average Bonchev–Trinajstić information content (AvgIpc) is 2.45. The van der Waals surface area contributed by atoms with Crippen LogP contribution in [0.3, 0.4) is 0 Å². The van der Waals surface area contributed by atoms with Crippen LogP contribution in [0.5, 0.6) is 0 Å². The minimum absolute atomic E-state index is 0.498. The number of Topliss-reactive ketones (excluding diaryl/α,β-unsaturated/α-hetero) is 1. The summed E-state index contributed by atoms with van der Waals surface area (Å²) in [7, 11) is 0. The van der Waals surface area contributed by atoms with E-state index in [9.17, 15) is 18.0 Å². The summed E-state index contributed by atoms with van der Waals surface area (Å²) >= 11 is 0. The molecular formula is C8H10F3N3O. The van der Waals surface area contributed by atoms with Crippen LogP contribution < -0.4 is 0 Å². The van der Waals surface area contributed by atoms with Gasteiger partial charge < -0.3 is 0 Å². The molecule has 84 valence electrons. The summed E-state index contributed by atoms with van der Waals surface area (Å²) in [6.07, 6.45) is -4.62. The molecule has 1 heterocycles. The summed E-state index contributed by atoms with van der Waals surface area (Å²) in [5.74, 6) is -0.741. The fourth-order valence-electron chi connectivity index (χ4n) is 1.16. The molecule has 0 fully saturated rings. The third-order valence-corrected chi connectivity index (χ3v) is 1.79. The molecule has 4 nitrogen and oxygen atoms in total. The van der Waals surface area contributed by atoms with Crippen molar-refractivity contribution in [3.05, 3.63) is 11.4 Å². The van der Waals surface area contributed by atoms with Crippen LogP contribution in [0, 0.1) is 0 Å². The maximum atomic E-state index is 12.6. The Kier molecular flexibility index (Phi) is 2.83. The van der Waals surface area contributed by atoms with Crippen molar-refractivity contribution in [2.45, 2.75) is 33.0 Å². The highest BCUT2D eigenvalue weighted by atomic mass is 19.4. The summed E-state index contributed by atoms with van der Waals surface area (Å²) in [5, 5.41) is 6.58. The molecule has 0 saturated heterocycles. The molecule has 1 aromatic heterocycles. The van der Waals surface area contributed by atoms with E-state index in [0.717, 1.165) is 6.92 Å². The van der Waals surface area contributed by atoms with Crippen molar-refractivity contribution in [3.8, 4) is 0 Å². The van der Waals surface area contributed by atoms with E-state index in [1.54, 1.807) is 0 Å². The number of halogens is 3. The normalized spacial score (nSPS) is 12.2. The molecule has 0 aliphatic rings. The zero-order chi connectivity index (χ0) is 11.8. The summed E-state index contributed by atoms with van der Waals surface area (Å²) in [4.78, 5) is 10.9. The van der Waals surface area contributed by atoms with E-state index in [1.807, 2.05) is 0 Å². The number of rotatable bonds is 2. The van der Waals surface area contributed by atoms with Gasteiger partial charge in [0.2, 0.25) is 0 Å². The average molecular weight is 221 g/mol. The maximum Gasteiger partial charge on any atom is 0.435 e. The van der Waals surface area contributed by atoms with Crippen molar-refractivity contribution in [1.82, 2.24) is 15.0 Å². The topological polar surface area (TPSA) is 47.8 Å². The third kappa shape index (κ3) is 2.16. The van der Waals surface area contributed by atoms with Gasteiger partial charge in [-0.05, 0) is 13.8 Å². The lowest BCUT2D eigenvalue weighted by Gasteiger charge is -2.12. The molecule has 0 unspecified atom stereocenters. The molecule has 0 saturated carbocycles. The van der Waals surface area contributed by atoms with Gasteiger partial charge in [-0.1, -0.05) is 5.21 Å². The van der Waals surface area contributed by atoms with Crippen molar-refractivity contribution in [1.29, 1.82) is 0 Å². The molecule has 0 spiro atoms. The van der Waals surface area contributed by atoms with Crippen LogP contribution in [-0.4, -0.2) is 20.8 Å². The van der Waals surface area contributed by atoms with Gasteiger partial charge in [0.25, 0.3) is 0 Å². The van der Waals surface area contributed by atoms with Gasteiger partial charge in [0.05, 0.1) is 0 Å². The van der Waals surface area contributed by atoms with Crippen molar-refractivity contribution in [2.24, 2.45) is 0 Å². The third-order valence-electron chi connectivity index (χ3n) is 1.79. The zero-order valence-corrected chi connectivity index (χ0v) is 8.46. The van der Waals surface area contributed by atoms with Gasteiger partial charge in [0.1, 0.15) is 0 Å². The van der Waals surface area contributed by atoms with E-state index < -0.39 is 29.4 Å². The highest BCUT2D eigenvalue weighted by Gasteiger charge is 2.41. The molecule has 0 aliphatic heterocycles. The fourth-order valence-corrected chi connectivity index (χ4v) is 1.16. The molecule has 1 rings (SSSR count). The summed E-state index contributed by atoms with van der Waals surface area (Å²) in [6, 6.07) is -0.498. The maximum absolute atomic E-state index is 12.6. The second-order valence-corrected chi connectivity index (χ2v) is 3.38. The Hall–Kier alpha value is -1.40. The Bertz CT molecular complexity index is 381. The highest BCUT2D eigenvalue weighted by Crippen LogP contribution is 2.32. The standard InChI is InChI=1S/C8H10F3N3O/c1-4(2)14-7(8(9,10)11)6(5(3)15)12-13-14/h4H,1-3H3. The van der Waals surface area contributed by atoms with Crippen molar-refractivity contribution >= 4 is 5.78 Å². The van der Waals surface area contributed by atoms with Gasteiger partial charge in [-0.25, -0.2) is 4.68 Å². The Morgan fingerprint density at radius 3 is 2.27 bits per heavy atom. The molecule has 0 bridgehead atoms. The van der Waals surface area contributed by atoms with Crippen molar-refractivity contribution < 1.29 is 18.0 Å². The quantitative estimate of drug-likeness (QED) is 0.718. The van der Waals surface area contributed by atoms with Gasteiger partial charge in [0.15, 0.2) is 17.2 Å². The largest absolute Gasteiger partial charge is 0.435 e. The van der Waals surface area contributed by atoms with Crippen LogP contribution >= 0.6 is 0 Å². The minimum atomic E-state index is -4.62. The predicted octanol–water partition coefficient (Wildman–Crippen LogP) is 2.08. The van der Waals surface area contributed by atoms with Crippen LogP contribution in [0.15, 0.2) is 0 Å². The molecule has 0 radical (unpaired) electrons. The molecule has 0 aliphatic carbocycles. The number of hydrogen-bond acceptors (Lipinski definition) is 3. The SMILES string of the molecule is CC(=O)c1nnn(C(C)C)c1C(F)(F)F. The number of aromatic nitrogens is 3. The van der Waals surface area contributed by atoms with Crippen LogP contribution in [0.25, 0.3) is 0 Å². The lowest BCUT2D eigenvalue weighted by atomic mass is 10.2. The van der Waals surface area contributed by atoms with E-state index in [-0.39, 0.29) is 0 Å². The van der Waals surface area contributed by atoms with Crippen LogP contribution in [0.1, 0.15) is 43.0 Å². The first kappa shape index (κ1) is 11.7. The number of hydrogen-bond donors (Lipinski definition) is 0. The fraction of sp³-hybridized carbons (Fsp3) is 0.625. The van der Waals surface area contributed by atoms with E-state index in [0.29, 0.717) is 4.68 Å². The first-order valence-corrected chi connectivity index (χ1v) is 4.28.